The van der Waals surface area contributed by atoms with Crippen molar-refractivity contribution in [3.05, 3.63) is 12.2 Å². The van der Waals surface area contributed by atoms with Crippen molar-refractivity contribution in [2.45, 2.75) is 51.0 Å². The minimum atomic E-state index is 0.510. The van der Waals surface area contributed by atoms with Crippen LogP contribution >= 0.6 is 0 Å². The molecule has 1 saturated carbocycles. The largest absolute Gasteiger partial charge is 0.377 e. The summed E-state index contributed by atoms with van der Waals surface area (Å²) in [5.41, 5.74) is 1.41. The fraction of sp³-hybridized carbons (Fsp3) is 0.857. The molecule has 0 amide bonds. The van der Waals surface area contributed by atoms with Crippen LogP contribution in [0.5, 0.6) is 0 Å². The fourth-order valence-corrected chi connectivity index (χ4v) is 2.70. The van der Waals surface area contributed by atoms with Crippen molar-refractivity contribution in [1.82, 2.24) is 4.90 Å². The maximum absolute atomic E-state index is 5.95. The zero-order valence-corrected chi connectivity index (χ0v) is 10.4. The molecule has 2 heteroatoms. The summed E-state index contributed by atoms with van der Waals surface area (Å²) in [6.45, 7) is 8.67. The summed E-state index contributed by atoms with van der Waals surface area (Å²) >= 11 is 0. The van der Waals surface area contributed by atoms with Crippen LogP contribution in [0.1, 0.15) is 44.9 Å². The normalized spacial score (nSPS) is 24.9. The Morgan fingerprint density at radius 1 is 1.12 bits per heavy atom. The molecule has 2 rings (SSSR count). The standard InChI is InChI=1S/C14H25NO/c1-13-5-7-14(8-6-13)16-12-11-15-9-3-2-4-10-15/h14H,1-12H2. The minimum absolute atomic E-state index is 0.510. The number of allylic oxidation sites excluding steroid dienone is 1. The lowest BCUT2D eigenvalue weighted by Crippen LogP contribution is -2.33. The first kappa shape index (κ1) is 12.1. The fourth-order valence-electron chi connectivity index (χ4n) is 2.70. The molecule has 16 heavy (non-hydrogen) atoms. The highest BCUT2D eigenvalue weighted by Gasteiger charge is 2.16. The number of ether oxygens (including phenoxy) is 1. The Morgan fingerprint density at radius 2 is 1.81 bits per heavy atom. The second-order valence-corrected chi connectivity index (χ2v) is 5.22. The summed E-state index contributed by atoms with van der Waals surface area (Å²) in [7, 11) is 0. The number of nitrogens with zero attached hydrogens (tertiary/aromatic N) is 1. The lowest BCUT2D eigenvalue weighted by Gasteiger charge is -2.28. The molecule has 1 heterocycles. The summed E-state index contributed by atoms with van der Waals surface area (Å²) in [5, 5.41) is 0. The lowest BCUT2D eigenvalue weighted by molar-refractivity contribution is 0.0199. The first-order chi connectivity index (χ1) is 7.84. The van der Waals surface area contributed by atoms with Gasteiger partial charge in [-0.15, -0.1) is 0 Å². The van der Waals surface area contributed by atoms with Crippen LogP contribution in [-0.2, 0) is 4.74 Å². The average Bonchev–Trinajstić information content (AvgIpc) is 2.33. The summed E-state index contributed by atoms with van der Waals surface area (Å²) in [6.07, 6.45) is 9.42. The Morgan fingerprint density at radius 3 is 2.50 bits per heavy atom. The summed E-state index contributed by atoms with van der Waals surface area (Å²) in [4.78, 5) is 2.55. The van der Waals surface area contributed by atoms with Gasteiger partial charge in [0.05, 0.1) is 12.7 Å². The molecule has 2 nitrogen and oxygen atoms in total. The van der Waals surface area contributed by atoms with Crippen molar-refractivity contribution in [2.24, 2.45) is 0 Å². The monoisotopic (exact) mass is 223 g/mol. The Bertz CT molecular complexity index is 211. The van der Waals surface area contributed by atoms with Gasteiger partial charge in [0.2, 0.25) is 0 Å². The number of rotatable bonds is 4. The van der Waals surface area contributed by atoms with Crippen molar-refractivity contribution in [1.29, 1.82) is 0 Å². The number of hydrogen-bond acceptors (Lipinski definition) is 2. The molecule has 0 spiro atoms. The maximum atomic E-state index is 5.95. The highest BCUT2D eigenvalue weighted by atomic mass is 16.5. The Balaban J connectivity index is 1.55. The van der Waals surface area contributed by atoms with E-state index in [1.54, 1.807) is 0 Å². The van der Waals surface area contributed by atoms with E-state index in [1.807, 2.05) is 0 Å². The van der Waals surface area contributed by atoms with Gasteiger partial charge < -0.3 is 9.64 Å². The van der Waals surface area contributed by atoms with Gasteiger partial charge in [-0.3, -0.25) is 0 Å². The summed E-state index contributed by atoms with van der Waals surface area (Å²) in [5.74, 6) is 0. The van der Waals surface area contributed by atoms with Crippen molar-refractivity contribution < 1.29 is 4.74 Å². The second kappa shape index (κ2) is 6.41. The van der Waals surface area contributed by atoms with E-state index in [0.29, 0.717) is 6.10 Å². The van der Waals surface area contributed by atoms with Gasteiger partial charge in [-0.2, -0.15) is 0 Å². The molecule has 0 aromatic rings. The van der Waals surface area contributed by atoms with Gasteiger partial charge in [-0.05, 0) is 51.6 Å². The van der Waals surface area contributed by atoms with Gasteiger partial charge in [-0.1, -0.05) is 18.6 Å². The van der Waals surface area contributed by atoms with Gasteiger partial charge in [-0.25, -0.2) is 0 Å². The van der Waals surface area contributed by atoms with Crippen LogP contribution in [0.25, 0.3) is 0 Å². The highest BCUT2D eigenvalue weighted by molar-refractivity contribution is 4.98. The molecular weight excluding hydrogens is 198 g/mol. The zero-order chi connectivity index (χ0) is 11.2. The van der Waals surface area contributed by atoms with Crippen LogP contribution in [0, 0.1) is 0 Å². The van der Waals surface area contributed by atoms with E-state index in [4.69, 9.17) is 4.74 Å². The van der Waals surface area contributed by atoms with E-state index >= 15 is 0 Å². The van der Waals surface area contributed by atoms with E-state index in [-0.39, 0.29) is 0 Å². The Kier molecular flexibility index (Phi) is 4.86. The maximum Gasteiger partial charge on any atom is 0.0597 e. The van der Waals surface area contributed by atoms with E-state index < -0.39 is 0 Å². The van der Waals surface area contributed by atoms with Crippen molar-refractivity contribution in [3.8, 4) is 0 Å². The summed E-state index contributed by atoms with van der Waals surface area (Å²) < 4.78 is 5.95. The van der Waals surface area contributed by atoms with E-state index in [0.717, 1.165) is 13.2 Å². The van der Waals surface area contributed by atoms with Crippen LogP contribution in [0.15, 0.2) is 12.2 Å². The molecule has 0 aromatic heterocycles. The number of piperidine rings is 1. The molecule has 1 aliphatic heterocycles. The predicted octanol–water partition coefficient (Wildman–Crippen LogP) is 2.99. The molecule has 0 unspecified atom stereocenters. The summed E-state index contributed by atoms with van der Waals surface area (Å²) in [6, 6.07) is 0. The van der Waals surface area contributed by atoms with Gasteiger partial charge in [0.15, 0.2) is 0 Å². The first-order valence-corrected chi connectivity index (χ1v) is 6.85. The van der Waals surface area contributed by atoms with Crippen LogP contribution in [0.2, 0.25) is 0 Å². The third-order valence-corrected chi connectivity index (χ3v) is 3.85. The molecular formula is C14H25NO. The van der Waals surface area contributed by atoms with Gasteiger partial charge >= 0.3 is 0 Å². The molecule has 0 radical (unpaired) electrons. The van der Waals surface area contributed by atoms with Gasteiger partial charge in [0.25, 0.3) is 0 Å². The SMILES string of the molecule is C=C1CCC(OCCN2CCCCC2)CC1. The molecule has 0 atom stereocenters. The minimum Gasteiger partial charge on any atom is -0.377 e. The van der Waals surface area contributed by atoms with Crippen molar-refractivity contribution in [3.63, 3.8) is 0 Å². The molecule has 1 aliphatic carbocycles. The van der Waals surface area contributed by atoms with E-state index in [9.17, 15) is 0 Å². The van der Waals surface area contributed by atoms with Gasteiger partial charge in [0, 0.05) is 6.54 Å². The quantitative estimate of drug-likeness (QED) is 0.679. The molecule has 0 bridgehead atoms. The molecule has 2 fully saturated rings. The third kappa shape index (κ3) is 3.91. The Hall–Kier alpha value is -0.340. The molecule has 2 aliphatic rings. The smallest absolute Gasteiger partial charge is 0.0597 e. The van der Waals surface area contributed by atoms with E-state index in [2.05, 4.69) is 11.5 Å². The zero-order valence-electron chi connectivity index (χ0n) is 10.4. The first-order valence-electron chi connectivity index (χ1n) is 6.85. The van der Waals surface area contributed by atoms with Crippen LogP contribution in [0.4, 0.5) is 0 Å². The molecule has 0 N–H and O–H groups in total. The molecule has 1 saturated heterocycles. The van der Waals surface area contributed by atoms with Crippen LogP contribution < -0.4 is 0 Å². The molecule has 92 valence electrons. The highest BCUT2D eigenvalue weighted by Crippen LogP contribution is 2.23. The number of hydrogen-bond donors (Lipinski definition) is 0. The van der Waals surface area contributed by atoms with Crippen molar-refractivity contribution in [2.75, 3.05) is 26.2 Å². The van der Waals surface area contributed by atoms with Crippen LogP contribution in [-0.4, -0.2) is 37.2 Å². The number of likely N-dealkylation sites (tertiary alicyclic amines) is 1. The Labute approximate surface area is 99.7 Å². The third-order valence-electron chi connectivity index (χ3n) is 3.85. The lowest BCUT2D eigenvalue weighted by atomic mass is 9.94. The average molecular weight is 223 g/mol. The van der Waals surface area contributed by atoms with Gasteiger partial charge in [0.1, 0.15) is 0 Å². The topological polar surface area (TPSA) is 12.5 Å². The second-order valence-electron chi connectivity index (χ2n) is 5.22. The van der Waals surface area contributed by atoms with E-state index in [1.165, 1.54) is 63.6 Å². The van der Waals surface area contributed by atoms with Crippen LogP contribution in [0.3, 0.4) is 0 Å². The molecule has 0 aromatic carbocycles. The predicted molar refractivity (Wildman–Crippen MR) is 67.6 cm³/mol. The van der Waals surface area contributed by atoms with Crippen molar-refractivity contribution >= 4 is 0 Å².